The summed E-state index contributed by atoms with van der Waals surface area (Å²) < 4.78 is 10.1. The molecule has 1 aliphatic carbocycles. The van der Waals surface area contributed by atoms with Crippen LogP contribution in [0.25, 0.3) is 0 Å². The molecule has 1 atom stereocenters. The number of ether oxygens (including phenoxy) is 2. The van der Waals surface area contributed by atoms with Crippen molar-refractivity contribution in [3.63, 3.8) is 0 Å². The highest BCUT2D eigenvalue weighted by atomic mass is 16.6. The molecule has 1 amide bonds. The molecule has 1 saturated carbocycles. The summed E-state index contributed by atoms with van der Waals surface area (Å²) in [5, 5.41) is 0. The predicted molar refractivity (Wildman–Crippen MR) is 60.4 cm³/mol. The largest absolute Gasteiger partial charge is 0.467 e. The second kappa shape index (κ2) is 3.89. The Morgan fingerprint density at radius 1 is 1.24 bits per heavy atom. The van der Waals surface area contributed by atoms with Gasteiger partial charge < -0.3 is 9.47 Å². The van der Waals surface area contributed by atoms with Gasteiger partial charge >= 0.3 is 12.1 Å². The Kier molecular flexibility index (Phi) is 2.79. The van der Waals surface area contributed by atoms with Crippen molar-refractivity contribution in [1.29, 1.82) is 0 Å². The molecular weight excluding hydrogens is 222 g/mol. The van der Waals surface area contributed by atoms with Crippen molar-refractivity contribution in [3.8, 4) is 0 Å². The summed E-state index contributed by atoms with van der Waals surface area (Å²) in [5.41, 5.74) is -0.537. The minimum absolute atomic E-state index is 0.152. The fraction of sp³-hybridized carbons (Fsp3) is 0.833. The number of methoxy groups -OCH3 is 1. The molecule has 0 spiro atoms. The van der Waals surface area contributed by atoms with Crippen LogP contribution in [0.15, 0.2) is 0 Å². The third-order valence-electron chi connectivity index (χ3n) is 3.34. The summed E-state index contributed by atoms with van der Waals surface area (Å²) in [7, 11) is 1.35. The molecule has 5 heteroatoms. The molecule has 96 valence electrons. The van der Waals surface area contributed by atoms with Gasteiger partial charge in [0.15, 0.2) is 0 Å². The first kappa shape index (κ1) is 12.2. The quantitative estimate of drug-likeness (QED) is 0.654. The SMILES string of the molecule is COC(=O)C1C2CC(C2)N1C(=O)OC(C)(C)C. The van der Waals surface area contributed by atoms with Crippen LogP contribution in [0.2, 0.25) is 0 Å². The van der Waals surface area contributed by atoms with Crippen molar-refractivity contribution in [2.45, 2.75) is 51.3 Å². The first-order valence-electron chi connectivity index (χ1n) is 5.92. The van der Waals surface area contributed by atoms with Crippen LogP contribution in [0, 0.1) is 5.92 Å². The van der Waals surface area contributed by atoms with Crippen LogP contribution in [-0.2, 0) is 14.3 Å². The zero-order chi connectivity index (χ0) is 12.8. The number of rotatable bonds is 1. The first-order valence-corrected chi connectivity index (χ1v) is 5.92. The van der Waals surface area contributed by atoms with Crippen molar-refractivity contribution in [1.82, 2.24) is 4.90 Å². The minimum Gasteiger partial charge on any atom is -0.467 e. The fourth-order valence-corrected chi connectivity index (χ4v) is 2.57. The molecule has 3 fully saturated rings. The maximum Gasteiger partial charge on any atom is 0.411 e. The van der Waals surface area contributed by atoms with Crippen LogP contribution in [0.1, 0.15) is 33.6 Å². The summed E-state index contributed by atoms with van der Waals surface area (Å²) in [5.74, 6) is -0.0826. The Morgan fingerprint density at radius 2 is 1.82 bits per heavy atom. The van der Waals surface area contributed by atoms with E-state index < -0.39 is 17.7 Å². The van der Waals surface area contributed by atoms with E-state index in [-0.39, 0.29) is 17.9 Å². The van der Waals surface area contributed by atoms with Crippen LogP contribution >= 0.6 is 0 Å². The second-order valence-corrected chi connectivity index (χ2v) is 5.74. The molecule has 0 N–H and O–H groups in total. The lowest BCUT2D eigenvalue weighted by Crippen LogP contribution is -2.44. The van der Waals surface area contributed by atoms with E-state index in [1.807, 2.05) is 20.8 Å². The van der Waals surface area contributed by atoms with Crippen molar-refractivity contribution in [2.75, 3.05) is 7.11 Å². The van der Waals surface area contributed by atoms with E-state index in [0.29, 0.717) is 0 Å². The third-order valence-corrected chi connectivity index (χ3v) is 3.34. The third kappa shape index (κ3) is 2.10. The van der Waals surface area contributed by atoms with E-state index in [1.165, 1.54) is 7.11 Å². The number of hydrogen-bond acceptors (Lipinski definition) is 4. The van der Waals surface area contributed by atoms with Crippen molar-refractivity contribution >= 4 is 12.1 Å². The summed E-state index contributed by atoms with van der Waals surface area (Å²) >= 11 is 0. The number of hydrogen-bond donors (Lipinski definition) is 0. The van der Waals surface area contributed by atoms with E-state index in [0.717, 1.165) is 12.8 Å². The molecular formula is C12H19NO4. The Morgan fingerprint density at radius 3 is 2.29 bits per heavy atom. The van der Waals surface area contributed by atoms with E-state index in [2.05, 4.69) is 0 Å². The topological polar surface area (TPSA) is 55.8 Å². The van der Waals surface area contributed by atoms with Crippen LogP contribution in [-0.4, -0.2) is 41.8 Å². The molecule has 2 aliphatic heterocycles. The van der Waals surface area contributed by atoms with Gasteiger partial charge in [-0.1, -0.05) is 0 Å². The molecule has 0 aromatic rings. The highest BCUT2D eigenvalue weighted by Gasteiger charge is 2.57. The van der Waals surface area contributed by atoms with Gasteiger partial charge in [0.25, 0.3) is 0 Å². The van der Waals surface area contributed by atoms with Gasteiger partial charge in [-0.05, 0) is 39.5 Å². The average Bonchev–Trinajstić information content (AvgIpc) is 2.66. The van der Waals surface area contributed by atoms with Crippen LogP contribution in [0.4, 0.5) is 4.79 Å². The molecule has 0 aromatic heterocycles. The van der Waals surface area contributed by atoms with Gasteiger partial charge in [0.1, 0.15) is 11.6 Å². The van der Waals surface area contributed by atoms with Crippen molar-refractivity contribution < 1.29 is 19.1 Å². The number of amides is 1. The highest BCUT2D eigenvalue weighted by Crippen LogP contribution is 2.46. The zero-order valence-corrected chi connectivity index (χ0v) is 10.7. The lowest BCUT2D eigenvalue weighted by atomic mass is 9.83. The summed E-state index contributed by atoms with van der Waals surface area (Å²) in [6, 6.07) is -0.293. The predicted octanol–water partition coefficient (Wildman–Crippen LogP) is 1.56. The van der Waals surface area contributed by atoms with E-state index in [9.17, 15) is 9.59 Å². The van der Waals surface area contributed by atoms with Crippen LogP contribution in [0.5, 0.6) is 0 Å². The van der Waals surface area contributed by atoms with E-state index >= 15 is 0 Å². The molecule has 5 nitrogen and oxygen atoms in total. The Hall–Kier alpha value is -1.26. The molecule has 2 saturated heterocycles. The Balaban J connectivity index is 2.09. The maximum atomic E-state index is 12.0. The molecule has 2 heterocycles. The van der Waals surface area contributed by atoms with Gasteiger partial charge in [-0.25, -0.2) is 9.59 Å². The van der Waals surface area contributed by atoms with Gasteiger partial charge in [0, 0.05) is 6.04 Å². The van der Waals surface area contributed by atoms with Gasteiger partial charge in [0.2, 0.25) is 0 Å². The number of nitrogens with zero attached hydrogens (tertiary/aromatic N) is 1. The molecule has 3 rings (SSSR count). The number of carbonyl (C=O) groups excluding carboxylic acids is 2. The van der Waals surface area contributed by atoms with E-state index in [4.69, 9.17) is 9.47 Å². The molecule has 0 radical (unpaired) electrons. The zero-order valence-electron chi connectivity index (χ0n) is 10.7. The molecule has 1 unspecified atom stereocenters. The minimum atomic E-state index is -0.537. The van der Waals surface area contributed by atoms with E-state index in [1.54, 1.807) is 4.90 Å². The van der Waals surface area contributed by atoms with Gasteiger partial charge in [-0.2, -0.15) is 0 Å². The lowest BCUT2D eigenvalue weighted by Gasteiger charge is -2.29. The lowest BCUT2D eigenvalue weighted by molar-refractivity contribution is -0.146. The number of carbonyl (C=O) groups is 2. The Labute approximate surface area is 101 Å². The fourth-order valence-electron chi connectivity index (χ4n) is 2.57. The van der Waals surface area contributed by atoms with Crippen molar-refractivity contribution in [2.24, 2.45) is 5.92 Å². The molecule has 2 bridgehead atoms. The smallest absolute Gasteiger partial charge is 0.411 e. The summed E-state index contributed by atoms with van der Waals surface area (Å²) in [4.78, 5) is 25.2. The molecule has 3 aliphatic rings. The van der Waals surface area contributed by atoms with Gasteiger partial charge in [-0.15, -0.1) is 0 Å². The summed E-state index contributed by atoms with van der Waals surface area (Å²) in [6.07, 6.45) is 1.37. The standard InChI is InChI=1S/C12H19NO4/c1-12(2,3)17-11(15)13-8-5-7(6-8)9(13)10(14)16-4/h7-9H,5-6H2,1-4H3. The van der Waals surface area contributed by atoms with Crippen molar-refractivity contribution in [3.05, 3.63) is 0 Å². The summed E-state index contributed by atoms with van der Waals surface area (Å²) in [6.45, 7) is 5.45. The number of fused-ring (bicyclic) bond motifs is 1. The monoisotopic (exact) mass is 241 g/mol. The maximum absolute atomic E-state index is 12.0. The Bertz CT molecular complexity index is 341. The van der Waals surface area contributed by atoms with Gasteiger partial charge in [0.05, 0.1) is 7.11 Å². The second-order valence-electron chi connectivity index (χ2n) is 5.74. The molecule has 0 aromatic carbocycles. The molecule has 17 heavy (non-hydrogen) atoms. The number of esters is 1. The van der Waals surface area contributed by atoms with Crippen LogP contribution in [0.3, 0.4) is 0 Å². The highest BCUT2D eigenvalue weighted by molar-refractivity contribution is 5.83. The van der Waals surface area contributed by atoms with Crippen LogP contribution < -0.4 is 0 Å². The average molecular weight is 241 g/mol. The van der Waals surface area contributed by atoms with Gasteiger partial charge in [-0.3, -0.25) is 4.90 Å². The first-order chi connectivity index (χ1) is 7.83. The normalized spacial score (nSPS) is 30.8.